The summed E-state index contributed by atoms with van der Waals surface area (Å²) in [6.07, 6.45) is 0.0344. The fourth-order valence-corrected chi connectivity index (χ4v) is 6.34. The molecule has 63 heavy (non-hydrogen) atoms. The molecule has 24 heteroatoms. The largest absolute Gasteiger partial charge is 0.505 e. The molecule has 22 nitrogen and oxygen atoms in total. The molecule has 0 aliphatic carbocycles. The molecule has 0 saturated carbocycles. The molecule has 0 unspecified atom stereocenters. The standard InChI is InChI=1S/C39H28N8O14S2/c48-34-18-36(50)32(16-30(34)44-40-22-3-7-24(8-4-22)62(56,57)58)46-42-28-11-1-20(14-26(28)38(52)53)13-21-2-12-29(27(15-21)39(54)55)43-47-33-17-31(35(49)19-37(33)51)45-41-23-5-9-25(10-6-23)63(59,60)61/h1-12,14-19,48-51H,13H2,(H,52,53)(H,54,55)(H,56,57,58)(H,59,60,61)/b44-40+,45-41+,46-42+,47-43+. The normalized spacial score (nSPS) is 12.2. The Balaban J connectivity index is 1.19. The van der Waals surface area contributed by atoms with Crippen LogP contribution in [-0.4, -0.2) is 68.5 Å². The lowest BCUT2D eigenvalue weighted by molar-refractivity contribution is 0.0687. The zero-order chi connectivity index (χ0) is 45.6. The topological polar surface area (TPSA) is 363 Å². The lowest BCUT2D eigenvalue weighted by Gasteiger charge is -2.08. The number of hydrogen-bond acceptors (Lipinski definition) is 18. The average molecular weight is 897 g/mol. The minimum atomic E-state index is -4.44. The van der Waals surface area contributed by atoms with Gasteiger partial charge in [0.15, 0.2) is 0 Å². The Labute approximate surface area is 354 Å². The van der Waals surface area contributed by atoms with E-state index in [1.807, 2.05) is 0 Å². The van der Waals surface area contributed by atoms with Gasteiger partial charge in [0, 0.05) is 24.3 Å². The first-order valence-electron chi connectivity index (χ1n) is 17.4. The van der Waals surface area contributed by atoms with Gasteiger partial charge in [-0.05, 0) is 90.3 Å². The third kappa shape index (κ3) is 11.1. The van der Waals surface area contributed by atoms with E-state index < -0.39 is 55.2 Å². The molecule has 0 heterocycles. The van der Waals surface area contributed by atoms with Crippen molar-refractivity contribution in [3.8, 4) is 23.0 Å². The molecule has 0 amide bonds. The van der Waals surface area contributed by atoms with Gasteiger partial charge < -0.3 is 30.6 Å². The highest BCUT2D eigenvalue weighted by atomic mass is 32.2. The maximum absolute atomic E-state index is 12.3. The molecule has 0 atom stereocenters. The van der Waals surface area contributed by atoms with E-state index in [0.717, 1.165) is 48.5 Å². The van der Waals surface area contributed by atoms with E-state index in [9.17, 15) is 57.1 Å². The van der Waals surface area contributed by atoms with Crippen LogP contribution in [0.5, 0.6) is 23.0 Å². The van der Waals surface area contributed by atoms with Crippen LogP contribution in [0.15, 0.2) is 160 Å². The van der Waals surface area contributed by atoms with E-state index in [0.29, 0.717) is 11.1 Å². The summed E-state index contributed by atoms with van der Waals surface area (Å²) in [5.41, 5.74) is -0.642. The number of hydrogen-bond donors (Lipinski definition) is 8. The minimum Gasteiger partial charge on any atom is -0.505 e. The number of aromatic carboxylic acids is 2. The third-order valence-corrected chi connectivity index (χ3v) is 10.2. The molecule has 320 valence electrons. The Morgan fingerprint density at radius 1 is 0.397 bits per heavy atom. The van der Waals surface area contributed by atoms with Crippen molar-refractivity contribution in [3.63, 3.8) is 0 Å². The zero-order valence-electron chi connectivity index (χ0n) is 31.5. The second kappa shape index (κ2) is 18.1. The molecule has 0 bridgehead atoms. The number of aromatic hydroxyl groups is 4. The first-order valence-corrected chi connectivity index (χ1v) is 20.3. The molecular weight excluding hydrogens is 869 g/mol. The maximum atomic E-state index is 12.3. The highest BCUT2D eigenvalue weighted by molar-refractivity contribution is 7.86. The summed E-state index contributed by atoms with van der Waals surface area (Å²) in [6.45, 7) is 0. The van der Waals surface area contributed by atoms with Gasteiger partial charge in [0.05, 0.1) is 32.3 Å². The number of benzene rings is 6. The van der Waals surface area contributed by atoms with Gasteiger partial charge in [-0.3, -0.25) is 9.11 Å². The summed E-state index contributed by atoms with van der Waals surface area (Å²) in [5, 5.41) is 92.5. The number of carboxylic acid groups (broad SMARTS) is 2. The number of carbonyl (C=O) groups is 2. The molecule has 0 fully saturated rings. The fraction of sp³-hybridized carbons (Fsp3) is 0.0256. The van der Waals surface area contributed by atoms with Gasteiger partial charge in [0.2, 0.25) is 0 Å². The van der Waals surface area contributed by atoms with Crippen LogP contribution in [0.25, 0.3) is 0 Å². The van der Waals surface area contributed by atoms with Crippen LogP contribution >= 0.6 is 0 Å². The second-order valence-corrected chi connectivity index (χ2v) is 15.7. The first-order chi connectivity index (χ1) is 29.7. The van der Waals surface area contributed by atoms with Crippen LogP contribution in [0, 0.1) is 0 Å². The lowest BCUT2D eigenvalue weighted by atomic mass is 9.99. The quantitative estimate of drug-likeness (QED) is 0.0373. The molecule has 0 saturated heterocycles. The molecule has 0 spiro atoms. The number of azo groups is 4. The number of nitrogens with zero attached hydrogens (tertiary/aromatic N) is 8. The first kappa shape index (κ1) is 44.2. The predicted molar refractivity (Wildman–Crippen MR) is 218 cm³/mol. The predicted octanol–water partition coefficient (Wildman–Crippen LogP) is 9.65. The van der Waals surface area contributed by atoms with E-state index in [1.54, 1.807) is 0 Å². The average Bonchev–Trinajstić information content (AvgIpc) is 3.22. The molecule has 0 aliphatic heterocycles. The van der Waals surface area contributed by atoms with Crippen molar-refractivity contribution >= 4 is 77.7 Å². The number of phenolic OH excluding ortho intramolecular Hbond substituents is 4. The molecule has 6 aromatic carbocycles. The van der Waals surface area contributed by atoms with E-state index in [4.69, 9.17) is 9.11 Å². The van der Waals surface area contributed by atoms with Crippen molar-refractivity contribution in [1.29, 1.82) is 0 Å². The number of carboxylic acids is 2. The summed E-state index contributed by atoms with van der Waals surface area (Å²) in [6, 6.07) is 21.5. The summed E-state index contributed by atoms with van der Waals surface area (Å²) in [7, 11) is -8.88. The minimum absolute atomic E-state index is 0.0344. The molecule has 0 aliphatic rings. The van der Waals surface area contributed by atoms with Crippen molar-refractivity contribution in [3.05, 3.63) is 131 Å². The Morgan fingerprint density at radius 2 is 0.698 bits per heavy atom. The molecule has 0 radical (unpaired) electrons. The van der Waals surface area contributed by atoms with Crippen molar-refractivity contribution < 1.29 is 66.2 Å². The monoisotopic (exact) mass is 896 g/mol. The molecule has 6 aromatic rings. The van der Waals surface area contributed by atoms with Gasteiger partial charge in [-0.25, -0.2) is 9.59 Å². The van der Waals surface area contributed by atoms with Crippen LogP contribution in [0.4, 0.5) is 45.5 Å². The van der Waals surface area contributed by atoms with Crippen molar-refractivity contribution in [1.82, 2.24) is 0 Å². The van der Waals surface area contributed by atoms with Crippen LogP contribution in [-0.2, 0) is 26.7 Å². The van der Waals surface area contributed by atoms with Crippen LogP contribution in [0.3, 0.4) is 0 Å². The maximum Gasteiger partial charge on any atom is 0.337 e. The van der Waals surface area contributed by atoms with Gasteiger partial charge in [0.25, 0.3) is 20.2 Å². The van der Waals surface area contributed by atoms with E-state index in [1.165, 1.54) is 60.7 Å². The highest BCUT2D eigenvalue weighted by Crippen LogP contribution is 2.42. The number of rotatable bonds is 14. The van der Waals surface area contributed by atoms with Gasteiger partial charge in [0.1, 0.15) is 57.1 Å². The lowest BCUT2D eigenvalue weighted by Crippen LogP contribution is -2.01. The van der Waals surface area contributed by atoms with Gasteiger partial charge in [-0.1, -0.05) is 12.1 Å². The zero-order valence-corrected chi connectivity index (χ0v) is 33.2. The molecule has 8 N–H and O–H groups in total. The van der Waals surface area contributed by atoms with E-state index >= 15 is 0 Å². The highest BCUT2D eigenvalue weighted by Gasteiger charge is 2.17. The van der Waals surface area contributed by atoms with Crippen LogP contribution in [0.1, 0.15) is 31.8 Å². The van der Waals surface area contributed by atoms with Crippen molar-refractivity contribution in [2.24, 2.45) is 40.9 Å². The van der Waals surface area contributed by atoms with Crippen molar-refractivity contribution in [2.45, 2.75) is 16.2 Å². The van der Waals surface area contributed by atoms with E-state index in [2.05, 4.69) is 40.9 Å². The Kier molecular flexibility index (Phi) is 12.7. The molecular formula is C39H28N8O14S2. The molecule has 0 aromatic heterocycles. The Hall–Kier alpha value is -8.32. The summed E-state index contributed by atoms with van der Waals surface area (Å²) in [5.74, 6) is -4.90. The van der Waals surface area contributed by atoms with E-state index in [-0.39, 0.29) is 72.8 Å². The number of phenols is 4. The Bertz CT molecular complexity index is 2930. The van der Waals surface area contributed by atoms with Crippen LogP contribution in [0.2, 0.25) is 0 Å². The summed E-state index contributed by atoms with van der Waals surface area (Å²) < 4.78 is 63.3. The van der Waals surface area contributed by atoms with Crippen molar-refractivity contribution in [2.75, 3.05) is 0 Å². The summed E-state index contributed by atoms with van der Waals surface area (Å²) in [4.78, 5) is 23.8. The smallest absolute Gasteiger partial charge is 0.337 e. The van der Waals surface area contributed by atoms with Gasteiger partial charge in [-0.15, -0.1) is 30.7 Å². The fourth-order valence-electron chi connectivity index (χ4n) is 5.38. The second-order valence-electron chi connectivity index (χ2n) is 12.9. The Morgan fingerprint density at radius 3 is 1.00 bits per heavy atom. The SMILES string of the molecule is O=C(O)c1cc(Cc2ccc(/N=N/c3cc(/N=N/c4ccc(S(=O)(=O)O)cc4)c(O)cc3O)c(C(=O)O)c2)ccc1/N=N/c1cc(/N=N/c2ccc(S(=O)(=O)O)cc2)c(O)cc1O. The third-order valence-electron chi connectivity index (χ3n) is 8.48. The van der Waals surface area contributed by atoms with Crippen LogP contribution < -0.4 is 0 Å². The summed E-state index contributed by atoms with van der Waals surface area (Å²) >= 11 is 0. The molecule has 6 rings (SSSR count). The van der Waals surface area contributed by atoms with Gasteiger partial charge >= 0.3 is 11.9 Å². The van der Waals surface area contributed by atoms with Gasteiger partial charge in [-0.2, -0.15) is 27.1 Å².